The number of hydrogen-bond acceptors (Lipinski definition) is 4. The number of ether oxygens (including phenoxy) is 1. The largest absolute Gasteiger partial charge is 0.497 e. The highest BCUT2D eigenvalue weighted by Crippen LogP contribution is 2.24. The molecule has 0 saturated heterocycles. The summed E-state index contributed by atoms with van der Waals surface area (Å²) in [6.45, 7) is 7.14. The number of aromatic nitrogens is 2. The zero-order valence-electron chi connectivity index (χ0n) is 17.9. The van der Waals surface area contributed by atoms with Crippen molar-refractivity contribution in [3.05, 3.63) is 83.7 Å². The molecule has 1 heterocycles. The molecule has 0 fully saturated rings. The minimum absolute atomic E-state index is 0.0670. The number of nitrogens with zero attached hydrogens (tertiary/aromatic N) is 3. The molecule has 1 unspecified atom stereocenters. The minimum Gasteiger partial charge on any atom is -0.497 e. The van der Waals surface area contributed by atoms with Gasteiger partial charge in [-0.1, -0.05) is 44.2 Å². The SMILES string of the molecule is CCN(CC)C(CNC(=O)c1ccccc1Cn1cccn1)c1cccc(OC)c1. The van der Waals surface area contributed by atoms with Crippen LogP contribution in [-0.2, 0) is 6.54 Å². The molecule has 0 radical (unpaired) electrons. The highest BCUT2D eigenvalue weighted by atomic mass is 16.5. The number of benzene rings is 2. The second-order valence-corrected chi connectivity index (χ2v) is 7.08. The third-order valence-electron chi connectivity index (χ3n) is 5.34. The van der Waals surface area contributed by atoms with Gasteiger partial charge in [0.1, 0.15) is 5.75 Å². The molecule has 30 heavy (non-hydrogen) atoms. The summed E-state index contributed by atoms with van der Waals surface area (Å²) in [5.74, 6) is 0.748. The van der Waals surface area contributed by atoms with Gasteiger partial charge >= 0.3 is 0 Å². The molecule has 1 N–H and O–H groups in total. The summed E-state index contributed by atoms with van der Waals surface area (Å²) in [6, 6.07) is 17.7. The van der Waals surface area contributed by atoms with Gasteiger partial charge in [0.15, 0.2) is 0 Å². The van der Waals surface area contributed by atoms with Gasteiger partial charge in [-0.15, -0.1) is 0 Å². The summed E-state index contributed by atoms with van der Waals surface area (Å²) in [7, 11) is 1.67. The molecule has 1 amide bonds. The van der Waals surface area contributed by atoms with Crippen LogP contribution in [0.1, 0.15) is 41.4 Å². The summed E-state index contributed by atoms with van der Waals surface area (Å²) in [6.07, 6.45) is 3.64. The molecular formula is C24H30N4O2. The lowest BCUT2D eigenvalue weighted by atomic mass is 10.0. The maximum absolute atomic E-state index is 13.1. The van der Waals surface area contributed by atoms with E-state index in [-0.39, 0.29) is 11.9 Å². The molecule has 0 aliphatic carbocycles. The third kappa shape index (κ3) is 5.27. The Bertz CT molecular complexity index is 936. The van der Waals surface area contributed by atoms with Gasteiger partial charge in [-0.2, -0.15) is 5.10 Å². The number of rotatable bonds is 10. The van der Waals surface area contributed by atoms with E-state index in [0.29, 0.717) is 18.7 Å². The lowest BCUT2D eigenvalue weighted by Gasteiger charge is -2.30. The molecule has 1 atom stereocenters. The zero-order valence-corrected chi connectivity index (χ0v) is 17.9. The monoisotopic (exact) mass is 406 g/mol. The van der Waals surface area contributed by atoms with Gasteiger partial charge in [-0.05, 0) is 48.5 Å². The Morgan fingerprint density at radius 3 is 2.63 bits per heavy atom. The van der Waals surface area contributed by atoms with Crippen molar-refractivity contribution in [3.63, 3.8) is 0 Å². The first-order valence-electron chi connectivity index (χ1n) is 10.4. The number of methoxy groups -OCH3 is 1. The van der Waals surface area contributed by atoms with Crippen LogP contribution in [0.2, 0.25) is 0 Å². The van der Waals surface area contributed by atoms with Gasteiger partial charge in [-0.3, -0.25) is 14.4 Å². The molecule has 6 nitrogen and oxygen atoms in total. The predicted molar refractivity (Wildman–Crippen MR) is 119 cm³/mol. The van der Waals surface area contributed by atoms with E-state index in [0.717, 1.165) is 30.0 Å². The van der Waals surface area contributed by atoms with E-state index in [2.05, 4.69) is 35.2 Å². The first-order valence-corrected chi connectivity index (χ1v) is 10.4. The molecule has 0 bridgehead atoms. The van der Waals surface area contributed by atoms with Crippen LogP contribution in [0.5, 0.6) is 5.75 Å². The molecular weight excluding hydrogens is 376 g/mol. The molecule has 6 heteroatoms. The van der Waals surface area contributed by atoms with Crippen LogP contribution in [0.25, 0.3) is 0 Å². The van der Waals surface area contributed by atoms with Gasteiger partial charge < -0.3 is 10.1 Å². The summed E-state index contributed by atoms with van der Waals surface area (Å²) < 4.78 is 7.22. The Balaban J connectivity index is 1.77. The predicted octanol–water partition coefficient (Wildman–Crippen LogP) is 3.75. The van der Waals surface area contributed by atoms with Gasteiger partial charge in [0.05, 0.1) is 19.7 Å². The maximum Gasteiger partial charge on any atom is 0.251 e. The van der Waals surface area contributed by atoms with E-state index in [1.165, 1.54) is 0 Å². The van der Waals surface area contributed by atoms with E-state index in [4.69, 9.17) is 4.74 Å². The van der Waals surface area contributed by atoms with Crippen molar-refractivity contribution in [1.29, 1.82) is 0 Å². The van der Waals surface area contributed by atoms with Crippen molar-refractivity contribution < 1.29 is 9.53 Å². The molecule has 1 aromatic heterocycles. The Morgan fingerprint density at radius 1 is 1.13 bits per heavy atom. The van der Waals surface area contributed by atoms with E-state index in [1.807, 2.05) is 59.4 Å². The van der Waals surface area contributed by atoms with Crippen molar-refractivity contribution in [2.75, 3.05) is 26.7 Å². The topological polar surface area (TPSA) is 59.4 Å². The van der Waals surface area contributed by atoms with Crippen LogP contribution >= 0.6 is 0 Å². The summed E-state index contributed by atoms with van der Waals surface area (Å²) in [5.41, 5.74) is 2.75. The van der Waals surface area contributed by atoms with Crippen LogP contribution < -0.4 is 10.1 Å². The van der Waals surface area contributed by atoms with Gasteiger partial charge in [0.25, 0.3) is 5.91 Å². The molecule has 158 valence electrons. The normalized spacial score (nSPS) is 12.0. The Morgan fingerprint density at radius 2 is 1.93 bits per heavy atom. The average molecular weight is 407 g/mol. The number of carbonyl (C=O) groups excluding carboxylic acids is 1. The highest BCUT2D eigenvalue weighted by molar-refractivity contribution is 5.95. The fourth-order valence-corrected chi connectivity index (χ4v) is 3.70. The van der Waals surface area contributed by atoms with Crippen molar-refractivity contribution in [1.82, 2.24) is 20.0 Å². The Hall–Kier alpha value is -3.12. The Labute approximate surface area is 178 Å². The van der Waals surface area contributed by atoms with Crippen LogP contribution in [0, 0.1) is 0 Å². The second kappa shape index (κ2) is 10.6. The molecule has 0 aliphatic heterocycles. The van der Waals surface area contributed by atoms with E-state index < -0.39 is 0 Å². The van der Waals surface area contributed by atoms with E-state index in [1.54, 1.807) is 13.3 Å². The van der Waals surface area contributed by atoms with Crippen molar-refractivity contribution in [3.8, 4) is 5.75 Å². The number of amides is 1. The summed E-state index contributed by atoms with van der Waals surface area (Å²) in [4.78, 5) is 15.4. The molecule has 3 rings (SSSR count). The van der Waals surface area contributed by atoms with Gasteiger partial charge in [0.2, 0.25) is 0 Å². The molecule has 0 spiro atoms. The van der Waals surface area contributed by atoms with Crippen LogP contribution in [-0.4, -0.2) is 47.3 Å². The second-order valence-electron chi connectivity index (χ2n) is 7.08. The quantitative estimate of drug-likeness (QED) is 0.557. The van der Waals surface area contributed by atoms with Crippen LogP contribution in [0.4, 0.5) is 0 Å². The van der Waals surface area contributed by atoms with Gasteiger partial charge in [-0.25, -0.2) is 0 Å². The first kappa shape index (κ1) is 21.6. The summed E-state index contributed by atoms with van der Waals surface area (Å²) >= 11 is 0. The molecule has 0 aliphatic rings. The Kier molecular flexibility index (Phi) is 7.63. The maximum atomic E-state index is 13.1. The highest BCUT2D eigenvalue weighted by Gasteiger charge is 2.20. The van der Waals surface area contributed by atoms with Crippen molar-refractivity contribution >= 4 is 5.91 Å². The lowest BCUT2D eigenvalue weighted by molar-refractivity contribution is 0.0934. The zero-order chi connectivity index (χ0) is 21.3. The lowest BCUT2D eigenvalue weighted by Crippen LogP contribution is -2.38. The fraction of sp³-hybridized carbons (Fsp3) is 0.333. The van der Waals surface area contributed by atoms with Crippen molar-refractivity contribution in [2.24, 2.45) is 0 Å². The van der Waals surface area contributed by atoms with Gasteiger partial charge in [0, 0.05) is 24.5 Å². The fourth-order valence-electron chi connectivity index (χ4n) is 3.70. The van der Waals surface area contributed by atoms with E-state index >= 15 is 0 Å². The first-order chi connectivity index (χ1) is 14.7. The summed E-state index contributed by atoms with van der Waals surface area (Å²) in [5, 5.41) is 7.41. The number of nitrogens with one attached hydrogen (secondary N) is 1. The molecule has 0 saturated carbocycles. The third-order valence-corrected chi connectivity index (χ3v) is 5.34. The van der Waals surface area contributed by atoms with E-state index in [9.17, 15) is 4.79 Å². The minimum atomic E-state index is -0.0715. The number of carbonyl (C=O) groups is 1. The standard InChI is InChI=1S/C24H30N4O2/c1-4-27(5-2)23(19-11-8-12-21(16-19)30-3)17-25-24(29)22-13-7-6-10-20(22)18-28-15-9-14-26-28/h6-16,23H,4-5,17-18H2,1-3H3,(H,25,29). The number of hydrogen-bond donors (Lipinski definition) is 1. The molecule has 3 aromatic rings. The molecule has 2 aromatic carbocycles. The van der Waals surface area contributed by atoms with Crippen LogP contribution in [0.3, 0.4) is 0 Å². The number of likely N-dealkylation sites (N-methyl/N-ethyl adjacent to an activating group) is 1. The van der Waals surface area contributed by atoms with Crippen LogP contribution in [0.15, 0.2) is 67.0 Å². The van der Waals surface area contributed by atoms with Crippen molar-refractivity contribution in [2.45, 2.75) is 26.4 Å². The smallest absolute Gasteiger partial charge is 0.251 e. The average Bonchev–Trinajstić information content (AvgIpc) is 3.30.